The first kappa shape index (κ1) is 17.6. The maximum Gasteiger partial charge on any atom is 0.325 e. The van der Waals surface area contributed by atoms with E-state index in [0.29, 0.717) is 5.56 Å². The zero-order valence-electron chi connectivity index (χ0n) is 13.9. The second-order valence-corrected chi connectivity index (χ2v) is 8.64. The van der Waals surface area contributed by atoms with Crippen LogP contribution in [0, 0.1) is 11.6 Å². The predicted octanol–water partition coefficient (Wildman–Crippen LogP) is 2.09. The number of halogens is 2. The molecule has 2 aromatic rings. The first-order chi connectivity index (χ1) is 12.7. The number of hydrogen-bond acceptors (Lipinski definition) is 4. The van der Waals surface area contributed by atoms with E-state index in [-0.39, 0.29) is 29.2 Å². The summed E-state index contributed by atoms with van der Waals surface area (Å²) in [4.78, 5) is 26.3. The molecular formula is C18H14F2N2O4S. The fourth-order valence-electron chi connectivity index (χ4n) is 3.53. The summed E-state index contributed by atoms with van der Waals surface area (Å²) in [5.74, 6) is -2.15. The van der Waals surface area contributed by atoms with Crippen molar-refractivity contribution in [3.63, 3.8) is 0 Å². The molecule has 0 radical (unpaired) electrons. The van der Waals surface area contributed by atoms with Gasteiger partial charge in [-0.1, -0.05) is 12.1 Å². The number of sulfone groups is 1. The van der Waals surface area contributed by atoms with Gasteiger partial charge in [-0.15, -0.1) is 0 Å². The van der Waals surface area contributed by atoms with Crippen LogP contribution in [0.2, 0.25) is 0 Å². The number of fused-ring (bicyclic) bond motifs is 2. The molecule has 2 aliphatic rings. The van der Waals surface area contributed by atoms with Crippen LogP contribution in [0.1, 0.15) is 17.5 Å². The fraction of sp³-hybridized carbons (Fsp3) is 0.222. The van der Waals surface area contributed by atoms with Crippen LogP contribution in [0.4, 0.5) is 13.6 Å². The van der Waals surface area contributed by atoms with Crippen molar-refractivity contribution in [2.75, 3.05) is 5.75 Å². The van der Waals surface area contributed by atoms with Crippen molar-refractivity contribution < 1.29 is 26.8 Å². The van der Waals surface area contributed by atoms with Gasteiger partial charge in [-0.05, 0) is 42.3 Å². The SMILES string of the molecule is O=C1NC2(CCS(=O)(=O)c3ccc(F)cc32)C(=O)N1Cc1ccc(F)cc1. The van der Waals surface area contributed by atoms with Gasteiger partial charge < -0.3 is 5.32 Å². The van der Waals surface area contributed by atoms with Crippen molar-refractivity contribution in [3.8, 4) is 0 Å². The van der Waals surface area contributed by atoms with E-state index < -0.39 is 38.9 Å². The van der Waals surface area contributed by atoms with Gasteiger partial charge in [0.1, 0.15) is 17.2 Å². The number of amides is 3. The van der Waals surface area contributed by atoms with E-state index in [1.165, 1.54) is 24.3 Å². The summed E-state index contributed by atoms with van der Waals surface area (Å²) >= 11 is 0. The van der Waals surface area contributed by atoms with Gasteiger partial charge in [-0.2, -0.15) is 0 Å². The molecule has 9 heteroatoms. The smallest absolute Gasteiger partial charge is 0.319 e. The van der Waals surface area contributed by atoms with E-state index >= 15 is 0 Å². The number of imide groups is 1. The van der Waals surface area contributed by atoms with Gasteiger partial charge >= 0.3 is 6.03 Å². The Balaban J connectivity index is 1.77. The molecule has 1 unspecified atom stereocenters. The summed E-state index contributed by atoms with van der Waals surface area (Å²) in [6.45, 7) is -0.107. The average Bonchev–Trinajstić information content (AvgIpc) is 2.86. The number of nitrogens with zero attached hydrogens (tertiary/aromatic N) is 1. The lowest BCUT2D eigenvalue weighted by Crippen LogP contribution is -2.48. The third-order valence-electron chi connectivity index (χ3n) is 4.91. The summed E-state index contributed by atoms with van der Waals surface area (Å²) in [5.41, 5.74) is -1.16. The Hall–Kier alpha value is -2.81. The lowest BCUT2D eigenvalue weighted by Gasteiger charge is -2.33. The molecule has 2 aliphatic heterocycles. The second kappa shape index (κ2) is 5.85. The van der Waals surface area contributed by atoms with Gasteiger partial charge in [0.15, 0.2) is 9.84 Å². The van der Waals surface area contributed by atoms with Gasteiger partial charge in [0, 0.05) is 5.56 Å². The lowest BCUT2D eigenvalue weighted by molar-refractivity contribution is -0.132. The summed E-state index contributed by atoms with van der Waals surface area (Å²) in [6, 6.07) is 7.70. The third kappa shape index (κ3) is 2.69. The van der Waals surface area contributed by atoms with Gasteiger partial charge in [-0.25, -0.2) is 22.0 Å². The van der Waals surface area contributed by atoms with Crippen molar-refractivity contribution in [2.45, 2.75) is 23.4 Å². The highest BCUT2D eigenvalue weighted by molar-refractivity contribution is 7.91. The quantitative estimate of drug-likeness (QED) is 0.627. The maximum absolute atomic E-state index is 13.8. The molecule has 4 rings (SSSR count). The Morgan fingerprint density at radius 3 is 2.41 bits per heavy atom. The second-order valence-electron chi connectivity index (χ2n) is 6.56. The van der Waals surface area contributed by atoms with Crippen LogP contribution >= 0.6 is 0 Å². The van der Waals surface area contributed by atoms with E-state index in [1.807, 2.05) is 0 Å². The molecule has 0 bridgehead atoms. The van der Waals surface area contributed by atoms with E-state index in [1.54, 1.807) is 0 Å². The molecule has 3 amide bonds. The molecule has 2 heterocycles. The van der Waals surface area contributed by atoms with E-state index in [0.717, 1.165) is 23.1 Å². The number of nitrogens with one attached hydrogen (secondary N) is 1. The van der Waals surface area contributed by atoms with Crippen molar-refractivity contribution in [1.29, 1.82) is 0 Å². The summed E-state index contributed by atoms with van der Waals surface area (Å²) in [6.07, 6.45) is -0.184. The zero-order valence-corrected chi connectivity index (χ0v) is 14.7. The zero-order chi connectivity index (χ0) is 19.4. The van der Waals surface area contributed by atoms with E-state index in [9.17, 15) is 26.8 Å². The first-order valence-corrected chi connectivity index (χ1v) is 9.79. The van der Waals surface area contributed by atoms with Crippen LogP contribution in [0.3, 0.4) is 0 Å². The molecule has 2 aromatic carbocycles. The molecule has 6 nitrogen and oxygen atoms in total. The minimum absolute atomic E-state index is 0.0614. The minimum atomic E-state index is -3.67. The highest BCUT2D eigenvalue weighted by atomic mass is 32.2. The molecule has 1 spiro atoms. The van der Waals surface area contributed by atoms with Crippen LogP contribution in [0.15, 0.2) is 47.4 Å². The lowest BCUT2D eigenvalue weighted by atomic mass is 9.86. The van der Waals surface area contributed by atoms with Crippen LogP contribution in [0.5, 0.6) is 0 Å². The highest BCUT2D eigenvalue weighted by Crippen LogP contribution is 2.41. The Morgan fingerprint density at radius 2 is 1.70 bits per heavy atom. The van der Waals surface area contributed by atoms with Gasteiger partial charge in [-0.3, -0.25) is 9.69 Å². The molecule has 27 heavy (non-hydrogen) atoms. The molecule has 1 fully saturated rings. The Bertz CT molecular complexity index is 1070. The highest BCUT2D eigenvalue weighted by Gasteiger charge is 2.56. The van der Waals surface area contributed by atoms with Gasteiger partial charge in [0.2, 0.25) is 0 Å². The Morgan fingerprint density at radius 1 is 1.04 bits per heavy atom. The number of benzene rings is 2. The number of rotatable bonds is 2. The predicted molar refractivity (Wildman–Crippen MR) is 90.2 cm³/mol. The van der Waals surface area contributed by atoms with Crippen molar-refractivity contribution >= 4 is 21.8 Å². The first-order valence-electron chi connectivity index (χ1n) is 8.14. The maximum atomic E-state index is 13.8. The monoisotopic (exact) mass is 392 g/mol. The normalized spacial score (nSPS) is 23.4. The Labute approximate surface area is 153 Å². The van der Waals surface area contributed by atoms with Gasteiger partial charge in [0.25, 0.3) is 5.91 Å². The number of urea groups is 1. The Kier molecular flexibility index (Phi) is 3.81. The third-order valence-corrected chi connectivity index (χ3v) is 6.68. The summed E-state index contributed by atoms with van der Waals surface area (Å²) < 4.78 is 51.5. The van der Waals surface area contributed by atoms with E-state index in [2.05, 4.69) is 5.32 Å². The topological polar surface area (TPSA) is 83.5 Å². The van der Waals surface area contributed by atoms with Crippen molar-refractivity contribution in [2.24, 2.45) is 0 Å². The van der Waals surface area contributed by atoms with Crippen molar-refractivity contribution in [1.82, 2.24) is 10.2 Å². The van der Waals surface area contributed by atoms with Crippen LogP contribution < -0.4 is 5.32 Å². The van der Waals surface area contributed by atoms with Crippen LogP contribution in [-0.2, 0) is 26.7 Å². The molecule has 1 saturated heterocycles. The molecule has 0 aromatic heterocycles. The van der Waals surface area contributed by atoms with Crippen LogP contribution in [0.25, 0.3) is 0 Å². The van der Waals surface area contributed by atoms with Crippen molar-refractivity contribution in [3.05, 3.63) is 65.2 Å². The molecular weight excluding hydrogens is 378 g/mol. The molecule has 0 aliphatic carbocycles. The largest absolute Gasteiger partial charge is 0.325 e. The standard InChI is InChI=1S/C18H14F2N2O4S/c19-12-3-1-11(2-4-12)10-22-16(23)18(21-17(22)24)7-8-27(25,26)15-6-5-13(20)9-14(15)18/h1-6,9H,7-8,10H2,(H,21,24). The van der Waals surface area contributed by atoms with Crippen LogP contribution in [-0.4, -0.2) is 31.0 Å². The summed E-state index contributed by atoms with van der Waals surface area (Å²) in [7, 11) is -3.67. The number of carbonyl (C=O) groups excluding carboxylic acids is 2. The fourth-order valence-corrected chi connectivity index (χ4v) is 5.17. The average molecular weight is 392 g/mol. The van der Waals surface area contributed by atoms with Gasteiger partial charge in [0.05, 0.1) is 17.2 Å². The molecule has 1 atom stereocenters. The number of hydrogen-bond donors (Lipinski definition) is 1. The minimum Gasteiger partial charge on any atom is -0.319 e. The van der Waals surface area contributed by atoms with E-state index in [4.69, 9.17) is 0 Å². The summed E-state index contributed by atoms with van der Waals surface area (Å²) in [5, 5.41) is 2.55. The molecule has 1 N–H and O–H groups in total. The molecule has 140 valence electrons. The number of carbonyl (C=O) groups is 2. The molecule has 0 saturated carbocycles.